The highest BCUT2D eigenvalue weighted by Crippen LogP contribution is 2.18. The molecule has 0 aliphatic rings. The first-order valence-electron chi connectivity index (χ1n) is 7.90. The monoisotopic (exact) mass is 319 g/mol. The molecule has 0 amide bonds. The molecular formula is C19H17N3O2. The van der Waals surface area contributed by atoms with Crippen LogP contribution < -0.4 is 11.2 Å². The van der Waals surface area contributed by atoms with Crippen LogP contribution in [0.1, 0.15) is 5.56 Å². The van der Waals surface area contributed by atoms with Crippen molar-refractivity contribution < 1.29 is 0 Å². The molecule has 0 saturated carbocycles. The average molecular weight is 319 g/mol. The van der Waals surface area contributed by atoms with Gasteiger partial charge in [-0.3, -0.25) is 13.9 Å². The fourth-order valence-corrected chi connectivity index (χ4v) is 3.23. The van der Waals surface area contributed by atoms with Crippen molar-refractivity contribution in [2.45, 2.75) is 13.0 Å². The van der Waals surface area contributed by atoms with Gasteiger partial charge in [0.15, 0.2) is 0 Å². The van der Waals surface area contributed by atoms with E-state index in [1.54, 1.807) is 19.2 Å². The molecule has 0 bridgehead atoms. The van der Waals surface area contributed by atoms with Crippen LogP contribution in [0.2, 0.25) is 0 Å². The van der Waals surface area contributed by atoms with Gasteiger partial charge in [-0.2, -0.15) is 0 Å². The summed E-state index contributed by atoms with van der Waals surface area (Å²) in [6.45, 7) is 0.359. The summed E-state index contributed by atoms with van der Waals surface area (Å²) in [6, 6.07) is 15.2. The molecule has 5 nitrogen and oxygen atoms in total. The lowest BCUT2D eigenvalue weighted by Gasteiger charge is -2.10. The zero-order chi connectivity index (χ0) is 16.7. The molecule has 0 radical (unpaired) electrons. The Kier molecular flexibility index (Phi) is 3.34. The minimum absolute atomic E-state index is 0.228. The van der Waals surface area contributed by atoms with Gasteiger partial charge in [0.1, 0.15) is 0 Å². The Morgan fingerprint density at radius 1 is 0.958 bits per heavy atom. The third kappa shape index (κ3) is 2.17. The lowest BCUT2D eigenvalue weighted by Crippen LogP contribution is -2.39. The van der Waals surface area contributed by atoms with E-state index in [2.05, 4.69) is 4.98 Å². The Bertz CT molecular complexity index is 1160. The van der Waals surface area contributed by atoms with Gasteiger partial charge < -0.3 is 4.98 Å². The zero-order valence-corrected chi connectivity index (χ0v) is 13.3. The first-order chi connectivity index (χ1) is 11.7. The van der Waals surface area contributed by atoms with Crippen molar-refractivity contribution in [1.29, 1.82) is 0 Å². The number of benzene rings is 2. The molecule has 2 aromatic heterocycles. The van der Waals surface area contributed by atoms with E-state index in [0.717, 1.165) is 16.5 Å². The number of para-hydroxylation sites is 2. The Morgan fingerprint density at radius 2 is 1.67 bits per heavy atom. The largest absolute Gasteiger partial charge is 0.361 e. The van der Waals surface area contributed by atoms with E-state index >= 15 is 0 Å². The molecule has 4 rings (SSSR count). The summed E-state index contributed by atoms with van der Waals surface area (Å²) >= 11 is 0. The first-order valence-corrected chi connectivity index (χ1v) is 7.90. The summed E-state index contributed by atoms with van der Waals surface area (Å²) in [4.78, 5) is 28.4. The van der Waals surface area contributed by atoms with Gasteiger partial charge >= 0.3 is 5.69 Å². The third-order valence-corrected chi connectivity index (χ3v) is 4.54. The van der Waals surface area contributed by atoms with Gasteiger partial charge in [0, 0.05) is 30.7 Å². The number of hydrogen-bond acceptors (Lipinski definition) is 2. The van der Waals surface area contributed by atoms with E-state index in [1.807, 2.05) is 42.6 Å². The number of aromatic nitrogens is 3. The first kappa shape index (κ1) is 14.5. The molecule has 24 heavy (non-hydrogen) atoms. The molecule has 0 fully saturated rings. The van der Waals surface area contributed by atoms with Crippen LogP contribution in [-0.4, -0.2) is 14.1 Å². The van der Waals surface area contributed by atoms with Crippen LogP contribution in [0.4, 0.5) is 0 Å². The Balaban J connectivity index is 1.78. The van der Waals surface area contributed by atoms with Crippen LogP contribution in [0.3, 0.4) is 0 Å². The molecule has 2 heterocycles. The Labute approximate surface area is 137 Å². The number of H-pyrrole nitrogens is 1. The van der Waals surface area contributed by atoms with Gasteiger partial charge in [-0.25, -0.2) is 4.79 Å². The third-order valence-electron chi connectivity index (χ3n) is 4.54. The minimum Gasteiger partial charge on any atom is -0.361 e. The second-order valence-corrected chi connectivity index (χ2v) is 5.93. The number of nitrogens with one attached hydrogen (secondary N) is 1. The van der Waals surface area contributed by atoms with E-state index in [9.17, 15) is 9.59 Å². The second kappa shape index (κ2) is 5.53. The van der Waals surface area contributed by atoms with Crippen LogP contribution in [-0.2, 0) is 20.0 Å². The van der Waals surface area contributed by atoms with Crippen molar-refractivity contribution >= 4 is 21.8 Å². The zero-order valence-electron chi connectivity index (χ0n) is 13.3. The fraction of sp³-hybridized carbons (Fsp3) is 0.158. The van der Waals surface area contributed by atoms with Crippen LogP contribution >= 0.6 is 0 Å². The summed E-state index contributed by atoms with van der Waals surface area (Å²) in [5.41, 5.74) is 2.32. The van der Waals surface area contributed by atoms with Crippen molar-refractivity contribution in [1.82, 2.24) is 14.1 Å². The quantitative estimate of drug-likeness (QED) is 0.630. The number of aromatic amines is 1. The van der Waals surface area contributed by atoms with Gasteiger partial charge in [0.2, 0.25) is 0 Å². The van der Waals surface area contributed by atoms with Crippen molar-refractivity contribution in [3.05, 3.63) is 81.1 Å². The summed E-state index contributed by atoms with van der Waals surface area (Å²) in [6.07, 6.45) is 2.57. The molecule has 0 atom stereocenters. The topological polar surface area (TPSA) is 59.8 Å². The van der Waals surface area contributed by atoms with Gasteiger partial charge in [-0.1, -0.05) is 30.3 Å². The van der Waals surface area contributed by atoms with Crippen molar-refractivity contribution in [3.8, 4) is 0 Å². The Morgan fingerprint density at radius 3 is 2.50 bits per heavy atom. The number of rotatable bonds is 3. The van der Waals surface area contributed by atoms with Crippen molar-refractivity contribution in [2.24, 2.45) is 7.05 Å². The maximum Gasteiger partial charge on any atom is 0.331 e. The van der Waals surface area contributed by atoms with Crippen molar-refractivity contribution in [3.63, 3.8) is 0 Å². The van der Waals surface area contributed by atoms with E-state index in [4.69, 9.17) is 0 Å². The predicted molar refractivity (Wildman–Crippen MR) is 95.5 cm³/mol. The Hall–Kier alpha value is -3.08. The van der Waals surface area contributed by atoms with Crippen LogP contribution in [0.15, 0.2) is 64.3 Å². The summed E-state index contributed by atoms with van der Waals surface area (Å²) in [7, 11) is 1.70. The number of fused-ring (bicyclic) bond motifs is 2. The SMILES string of the molecule is Cn1c(=O)n(CCc2c[nH]c3ccccc23)c(=O)c2ccccc21. The molecule has 0 saturated heterocycles. The second-order valence-electron chi connectivity index (χ2n) is 5.93. The van der Waals surface area contributed by atoms with E-state index in [1.165, 1.54) is 9.13 Å². The van der Waals surface area contributed by atoms with Gasteiger partial charge in [0.05, 0.1) is 10.9 Å². The minimum atomic E-state index is -0.279. The summed E-state index contributed by atoms with van der Waals surface area (Å²) in [5, 5.41) is 1.70. The van der Waals surface area contributed by atoms with Crippen LogP contribution in [0.25, 0.3) is 21.8 Å². The molecule has 0 spiro atoms. The molecule has 2 aromatic carbocycles. The van der Waals surface area contributed by atoms with Crippen LogP contribution in [0.5, 0.6) is 0 Å². The van der Waals surface area contributed by atoms with Gasteiger partial charge in [-0.15, -0.1) is 0 Å². The summed E-state index contributed by atoms with van der Waals surface area (Å²) in [5.74, 6) is 0. The van der Waals surface area contributed by atoms with E-state index in [0.29, 0.717) is 23.9 Å². The van der Waals surface area contributed by atoms with Crippen molar-refractivity contribution in [2.75, 3.05) is 0 Å². The lowest BCUT2D eigenvalue weighted by molar-refractivity contribution is 0.606. The molecule has 0 aliphatic carbocycles. The lowest BCUT2D eigenvalue weighted by atomic mass is 10.1. The van der Waals surface area contributed by atoms with E-state index < -0.39 is 0 Å². The molecule has 0 aliphatic heterocycles. The average Bonchev–Trinajstić information content (AvgIpc) is 3.03. The highest BCUT2D eigenvalue weighted by molar-refractivity contribution is 5.83. The number of aryl methyl sites for hydroxylation is 2. The summed E-state index contributed by atoms with van der Waals surface area (Å²) < 4.78 is 2.86. The molecule has 4 aromatic rings. The fourth-order valence-electron chi connectivity index (χ4n) is 3.23. The number of nitrogens with zero attached hydrogens (tertiary/aromatic N) is 2. The maximum atomic E-state index is 12.7. The molecular weight excluding hydrogens is 302 g/mol. The molecule has 0 unspecified atom stereocenters. The highest BCUT2D eigenvalue weighted by atomic mass is 16.2. The van der Waals surface area contributed by atoms with Gasteiger partial charge in [-0.05, 0) is 30.2 Å². The molecule has 120 valence electrons. The highest BCUT2D eigenvalue weighted by Gasteiger charge is 2.11. The van der Waals surface area contributed by atoms with Crippen LogP contribution in [0, 0.1) is 0 Å². The maximum absolute atomic E-state index is 12.7. The van der Waals surface area contributed by atoms with Gasteiger partial charge in [0.25, 0.3) is 5.56 Å². The smallest absolute Gasteiger partial charge is 0.331 e. The number of hydrogen-bond donors (Lipinski definition) is 1. The molecule has 5 heteroatoms. The van der Waals surface area contributed by atoms with E-state index in [-0.39, 0.29) is 11.2 Å². The normalized spacial score (nSPS) is 11.4. The predicted octanol–water partition coefficient (Wildman–Crippen LogP) is 2.42. The standard InChI is InChI=1S/C19H17N3O2/c1-21-17-9-5-3-7-15(17)18(23)22(19(21)24)11-10-13-12-20-16-8-4-2-6-14(13)16/h2-9,12,20H,10-11H2,1H3. The molecule has 1 N–H and O–H groups in total.